The number of aromatic nitrogens is 1. The van der Waals surface area contributed by atoms with Crippen LogP contribution in [-0.4, -0.2) is 66.6 Å². The summed E-state index contributed by atoms with van der Waals surface area (Å²) in [5.74, 6) is 2.33. The lowest BCUT2D eigenvalue weighted by atomic mass is 9.77. The van der Waals surface area contributed by atoms with Gasteiger partial charge in [0.15, 0.2) is 0 Å². The van der Waals surface area contributed by atoms with Crippen molar-refractivity contribution in [2.45, 2.75) is 50.7 Å². The number of nitrogens with zero attached hydrogens (tertiary/aromatic N) is 3. The van der Waals surface area contributed by atoms with Crippen molar-refractivity contribution in [3.8, 4) is 0 Å². The normalized spacial score (nSPS) is 30.6. The third-order valence-corrected chi connectivity index (χ3v) is 6.69. The molecule has 4 rings (SSSR count). The summed E-state index contributed by atoms with van der Waals surface area (Å²) in [6, 6.07) is 4.47. The minimum absolute atomic E-state index is 0.296. The Labute approximate surface area is 163 Å². The highest BCUT2D eigenvalue weighted by Gasteiger charge is 2.44. The average molecular weight is 372 g/mol. The van der Waals surface area contributed by atoms with E-state index < -0.39 is 0 Å². The molecule has 2 heterocycles. The second kappa shape index (κ2) is 8.27. The van der Waals surface area contributed by atoms with Gasteiger partial charge in [0.2, 0.25) is 5.91 Å². The van der Waals surface area contributed by atoms with Gasteiger partial charge in [0.25, 0.3) is 0 Å². The molecule has 0 spiro atoms. The maximum Gasteiger partial charge on any atom is 0.222 e. The van der Waals surface area contributed by atoms with Crippen molar-refractivity contribution < 1.29 is 9.53 Å². The fraction of sp³-hybridized carbons (Fsp3) is 0.727. The van der Waals surface area contributed by atoms with Crippen molar-refractivity contribution in [1.82, 2.24) is 14.8 Å². The topological polar surface area (TPSA) is 45.7 Å². The van der Waals surface area contributed by atoms with Gasteiger partial charge in [-0.05, 0) is 75.6 Å². The number of likely N-dealkylation sites (tertiary alicyclic amines) is 1. The van der Waals surface area contributed by atoms with Gasteiger partial charge in [0, 0.05) is 44.6 Å². The fourth-order valence-electron chi connectivity index (χ4n) is 4.82. The third kappa shape index (κ3) is 4.69. The molecule has 1 saturated heterocycles. The van der Waals surface area contributed by atoms with Gasteiger partial charge >= 0.3 is 0 Å². The average Bonchev–Trinajstić information content (AvgIpc) is 3.41. The van der Waals surface area contributed by atoms with Crippen LogP contribution >= 0.6 is 0 Å². The number of likely N-dealkylation sites (N-methyl/N-ethyl adjacent to an activating group) is 1. The van der Waals surface area contributed by atoms with Crippen LogP contribution < -0.4 is 0 Å². The Morgan fingerprint density at radius 3 is 2.70 bits per heavy atom. The first-order valence-electron chi connectivity index (χ1n) is 10.5. The Balaban J connectivity index is 1.31. The van der Waals surface area contributed by atoms with Crippen LogP contribution in [0.5, 0.6) is 0 Å². The molecular weight excluding hydrogens is 338 g/mol. The van der Waals surface area contributed by atoms with Crippen LogP contribution in [0.3, 0.4) is 0 Å². The molecule has 1 aliphatic heterocycles. The molecule has 0 N–H and O–H groups in total. The van der Waals surface area contributed by atoms with E-state index in [2.05, 4.69) is 28.9 Å². The zero-order valence-corrected chi connectivity index (χ0v) is 16.7. The monoisotopic (exact) mass is 371 g/mol. The number of carbonyl (C=O) groups is 1. The maximum absolute atomic E-state index is 12.7. The standard InChI is InChI=1S/C22H33N3O2/c1-24(2)20-10-18-13-25(22(26)8-7-16-4-3-9-23-12-16)14-19(18)11-21(20)27-15-17-5-6-17/h3-4,9,12,17-21H,5-8,10-11,13-15H2,1-2H3/t18-,19+,20-,21-/m1/s1. The summed E-state index contributed by atoms with van der Waals surface area (Å²) in [7, 11) is 4.34. The second-order valence-corrected chi connectivity index (χ2v) is 9.00. The Kier molecular flexibility index (Phi) is 5.79. The third-order valence-electron chi connectivity index (χ3n) is 6.69. The van der Waals surface area contributed by atoms with Crippen LogP contribution in [0, 0.1) is 17.8 Å². The number of hydrogen-bond donors (Lipinski definition) is 0. The van der Waals surface area contributed by atoms with Gasteiger partial charge in [-0.2, -0.15) is 0 Å². The van der Waals surface area contributed by atoms with Crippen LogP contribution in [-0.2, 0) is 16.0 Å². The van der Waals surface area contributed by atoms with E-state index in [1.165, 1.54) is 12.8 Å². The van der Waals surface area contributed by atoms with Gasteiger partial charge in [-0.25, -0.2) is 0 Å². The molecule has 4 atom stereocenters. The fourth-order valence-corrected chi connectivity index (χ4v) is 4.82. The van der Waals surface area contributed by atoms with E-state index >= 15 is 0 Å². The van der Waals surface area contributed by atoms with Gasteiger partial charge < -0.3 is 14.5 Å². The Morgan fingerprint density at radius 1 is 1.26 bits per heavy atom. The Morgan fingerprint density at radius 2 is 2.04 bits per heavy atom. The van der Waals surface area contributed by atoms with Crippen LogP contribution in [0.1, 0.15) is 37.7 Å². The van der Waals surface area contributed by atoms with E-state index in [1.54, 1.807) is 6.20 Å². The van der Waals surface area contributed by atoms with Crippen LogP contribution in [0.4, 0.5) is 0 Å². The largest absolute Gasteiger partial charge is 0.376 e. The number of aryl methyl sites for hydroxylation is 1. The number of hydrogen-bond acceptors (Lipinski definition) is 4. The molecule has 0 bridgehead atoms. The minimum Gasteiger partial charge on any atom is -0.376 e. The minimum atomic E-state index is 0.296. The number of carbonyl (C=O) groups excluding carboxylic acids is 1. The second-order valence-electron chi connectivity index (χ2n) is 9.00. The summed E-state index contributed by atoms with van der Waals surface area (Å²) in [6.45, 7) is 2.77. The van der Waals surface area contributed by atoms with Gasteiger partial charge in [-0.3, -0.25) is 9.78 Å². The van der Waals surface area contributed by atoms with E-state index in [0.717, 1.165) is 50.4 Å². The van der Waals surface area contributed by atoms with E-state index in [0.29, 0.717) is 36.3 Å². The van der Waals surface area contributed by atoms with Crippen molar-refractivity contribution in [1.29, 1.82) is 0 Å². The Bertz CT molecular complexity index is 632. The van der Waals surface area contributed by atoms with Crippen molar-refractivity contribution in [3.05, 3.63) is 30.1 Å². The van der Waals surface area contributed by atoms with E-state index in [9.17, 15) is 4.79 Å². The highest BCUT2D eigenvalue weighted by Crippen LogP contribution is 2.40. The zero-order valence-electron chi connectivity index (χ0n) is 16.7. The molecule has 148 valence electrons. The van der Waals surface area contributed by atoms with Gasteiger partial charge in [0.05, 0.1) is 6.10 Å². The van der Waals surface area contributed by atoms with Crippen molar-refractivity contribution in [2.75, 3.05) is 33.8 Å². The smallest absolute Gasteiger partial charge is 0.222 e. The molecule has 1 aromatic heterocycles. The molecule has 3 aliphatic rings. The van der Waals surface area contributed by atoms with Crippen LogP contribution in [0.15, 0.2) is 24.5 Å². The lowest BCUT2D eigenvalue weighted by Crippen LogP contribution is -2.48. The highest BCUT2D eigenvalue weighted by molar-refractivity contribution is 5.76. The summed E-state index contributed by atoms with van der Waals surface area (Å²) in [5.41, 5.74) is 1.14. The van der Waals surface area contributed by atoms with Crippen LogP contribution in [0.2, 0.25) is 0 Å². The number of pyridine rings is 1. The van der Waals surface area contributed by atoms with E-state index in [4.69, 9.17) is 4.74 Å². The number of amides is 1. The number of fused-ring (bicyclic) bond motifs is 1. The van der Waals surface area contributed by atoms with Crippen molar-refractivity contribution >= 4 is 5.91 Å². The first-order valence-corrected chi connectivity index (χ1v) is 10.5. The molecule has 5 nitrogen and oxygen atoms in total. The van der Waals surface area contributed by atoms with Gasteiger partial charge in [-0.15, -0.1) is 0 Å². The SMILES string of the molecule is CN(C)[C@@H]1C[C@@H]2CN(C(=O)CCc3cccnc3)C[C@@H]2C[C@H]1OCC1CC1. The first-order chi connectivity index (χ1) is 13.1. The van der Waals surface area contributed by atoms with Crippen molar-refractivity contribution in [2.24, 2.45) is 17.8 Å². The Hall–Kier alpha value is -1.46. The zero-order chi connectivity index (χ0) is 18.8. The molecule has 27 heavy (non-hydrogen) atoms. The quantitative estimate of drug-likeness (QED) is 0.739. The molecule has 3 fully saturated rings. The van der Waals surface area contributed by atoms with E-state index in [1.807, 2.05) is 18.3 Å². The highest BCUT2D eigenvalue weighted by atomic mass is 16.5. The maximum atomic E-state index is 12.7. The molecule has 5 heteroatoms. The lowest BCUT2D eigenvalue weighted by Gasteiger charge is -2.41. The molecule has 1 amide bonds. The first kappa shape index (κ1) is 18.9. The summed E-state index contributed by atoms with van der Waals surface area (Å²) in [6.07, 6.45) is 10.3. The van der Waals surface area contributed by atoms with Gasteiger partial charge in [-0.1, -0.05) is 6.07 Å². The molecule has 2 saturated carbocycles. The molecule has 2 aliphatic carbocycles. The van der Waals surface area contributed by atoms with Crippen LogP contribution in [0.25, 0.3) is 0 Å². The predicted molar refractivity (Wildman–Crippen MR) is 105 cm³/mol. The number of rotatable bonds is 7. The number of ether oxygens (including phenoxy) is 1. The molecule has 0 unspecified atom stereocenters. The predicted octanol–water partition coefficient (Wildman–Crippen LogP) is 2.61. The summed E-state index contributed by atoms with van der Waals surface area (Å²) in [4.78, 5) is 21.3. The van der Waals surface area contributed by atoms with Crippen molar-refractivity contribution in [3.63, 3.8) is 0 Å². The van der Waals surface area contributed by atoms with E-state index in [-0.39, 0.29) is 0 Å². The summed E-state index contributed by atoms with van der Waals surface area (Å²) >= 11 is 0. The molecule has 0 radical (unpaired) electrons. The van der Waals surface area contributed by atoms with Gasteiger partial charge in [0.1, 0.15) is 0 Å². The summed E-state index contributed by atoms with van der Waals surface area (Å²) < 4.78 is 6.34. The summed E-state index contributed by atoms with van der Waals surface area (Å²) in [5, 5.41) is 0. The lowest BCUT2D eigenvalue weighted by molar-refractivity contribution is -0.130. The molecule has 0 aromatic carbocycles. The molecular formula is C22H33N3O2. The molecule has 1 aromatic rings.